The van der Waals surface area contributed by atoms with E-state index in [1.54, 1.807) is 67.6 Å². The number of amides is 1. The second-order valence-corrected chi connectivity index (χ2v) is 12.1. The molecule has 14 heteroatoms. The zero-order valence-electron chi connectivity index (χ0n) is 21.7. The highest BCUT2D eigenvalue weighted by atomic mass is 31.2. The highest BCUT2D eigenvalue weighted by molar-refractivity contribution is 7.56. The number of fused-ring (bicyclic) bond motifs is 1. The number of carbonyl (C=O) groups excluding carboxylic acids is 1. The van der Waals surface area contributed by atoms with Crippen molar-refractivity contribution in [2.75, 3.05) is 24.3 Å². The Kier molecular flexibility index (Phi) is 6.89. The molecule has 0 aliphatic carbocycles. The van der Waals surface area contributed by atoms with E-state index in [-0.39, 0.29) is 35.8 Å². The summed E-state index contributed by atoms with van der Waals surface area (Å²) >= 11 is 0. The number of anilines is 4. The topological polar surface area (TPSA) is 125 Å². The quantitative estimate of drug-likeness (QED) is 0.253. The fourth-order valence-corrected chi connectivity index (χ4v) is 5.41. The van der Waals surface area contributed by atoms with Crippen LogP contribution in [0.25, 0.3) is 11.1 Å². The molecule has 0 bridgehead atoms. The number of aryl methyl sites for hydroxylation is 1. The van der Waals surface area contributed by atoms with Gasteiger partial charge in [0.05, 0.1) is 17.4 Å². The van der Waals surface area contributed by atoms with Gasteiger partial charge in [0.25, 0.3) is 5.91 Å². The first-order valence-electron chi connectivity index (χ1n) is 12.1. The zero-order valence-corrected chi connectivity index (χ0v) is 22.6. The molecule has 3 heterocycles. The van der Waals surface area contributed by atoms with E-state index in [2.05, 4.69) is 25.7 Å². The Morgan fingerprint density at radius 3 is 2.42 bits per heavy atom. The Balaban J connectivity index is 1.50. The Morgan fingerprint density at radius 2 is 1.80 bits per heavy atom. The Bertz CT molecular complexity index is 1650. The molecule has 0 saturated carbocycles. The fourth-order valence-electron chi connectivity index (χ4n) is 4.52. The van der Waals surface area contributed by atoms with E-state index >= 15 is 0 Å². The van der Waals surface area contributed by atoms with Crippen LogP contribution in [-0.4, -0.2) is 49.2 Å². The third-order valence-corrected chi connectivity index (χ3v) is 7.27. The molecule has 1 amide bonds. The van der Waals surface area contributed by atoms with Crippen LogP contribution in [0.4, 0.5) is 36.3 Å². The molecule has 2 aromatic heterocycles. The molecule has 10 nitrogen and oxygen atoms in total. The normalized spacial score (nSPS) is 14.7. The van der Waals surface area contributed by atoms with E-state index in [0.717, 1.165) is 11.1 Å². The molecule has 0 radical (unpaired) electrons. The number of carbonyl (C=O) groups is 1. The van der Waals surface area contributed by atoms with Crippen molar-refractivity contribution in [3.8, 4) is 11.1 Å². The van der Waals surface area contributed by atoms with Crippen molar-refractivity contribution in [2.45, 2.75) is 18.9 Å². The van der Waals surface area contributed by atoms with E-state index < -0.39 is 24.9 Å². The Labute approximate surface area is 227 Å². The highest BCUT2D eigenvalue weighted by Crippen LogP contribution is 2.41. The van der Waals surface area contributed by atoms with Crippen LogP contribution >= 0.6 is 7.37 Å². The van der Waals surface area contributed by atoms with E-state index in [1.165, 1.54) is 11.6 Å². The first kappa shape index (κ1) is 27.4. The van der Waals surface area contributed by atoms with Crippen molar-refractivity contribution in [3.63, 3.8) is 0 Å². The first-order valence-corrected chi connectivity index (χ1v) is 14.3. The Morgan fingerprint density at radius 1 is 1.07 bits per heavy atom. The van der Waals surface area contributed by atoms with Crippen molar-refractivity contribution in [2.24, 2.45) is 7.05 Å². The van der Waals surface area contributed by atoms with Gasteiger partial charge >= 0.3 is 6.18 Å². The van der Waals surface area contributed by atoms with Crippen molar-refractivity contribution in [3.05, 3.63) is 77.2 Å². The lowest BCUT2D eigenvalue weighted by atomic mass is 9.97. The van der Waals surface area contributed by atoms with Crippen LogP contribution in [0.1, 0.15) is 27.0 Å². The molecule has 5 rings (SSSR count). The van der Waals surface area contributed by atoms with Gasteiger partial charge in [0.2, 0.25) is 13.3 Å². The van der Waals surface area contributed by atoms with Crippen molar-refractivity contribution in [1.29, 1.82) is 0 Å². The summed E-state index contributed by atoms with van der Waals surface area (Å²) in [7, 11) is 0.134. The zero-order chi connectivity index (χ0) is 28.8. The number of aromatic nitrogens is 4. The molecule has 1 unspecified atom stereocenters. The minimum Gasteiger partial charge on any atom is -0.344 e. The minimum atomic E-state index is -4.76. The van der Waals surface area contributed by atoms with Crippen molar-refractivity contribution in [1.82, 2.24) is 24.6 Å². The predicted molar refractivity (Wildman–Crippen MR) is 144 cm³/mol. The average molecular weight is 572 g/mol. The van der Waals surface area contributed by atoms with E-state index in [1.807, 2.05) is 0 Å². The SMILES string of the molecule is CN1Cc2c(-c3cnn(C)c3)ccc(Nc3nc(Nc4ccc(CP(C)(=O)O)cc4)ncc3C(F)(F)F)c2C1=O. The Hall–Kier alpha value is -4.22. The molecule has 40 heavy (non-hydrogen) atoms. The number of hydrogen-bond acceptors (Lipinski definition) is 7. The van der Waals surface area contributed by atoms with Gasteiger partial charge in [0.1, 0.15) is 11.4 Å². The summed E-state index contributed by atoms with van der Waals surface area (Å²) < 4.78 is 55.0. The summed E-state index contributed by atoms with van der Waals surface area (Å²) in [4.78, 5) is 32.1. The standard InChI is InChI=1S/C26H25F3N7O3P/c1-35-13-19-18(16-10-31-36(2)12-16)8-9-21(22(19)24(35)37)33-23-20(26(27,28)29)11-30-25(34-23)32-17-6-4-15(5-7-17)14-40(3,38)39/h4-12H,13-14H2,1-3H3,(H,38,39)(H2,30,32,33,34). The smallest absolute Gasteiger partial charge is 0.344 e. The molecule has 1 aliphatic rings. The number of nitrogens with one attached hydrogen (secondary N) is 2. The van der Waals surface area contributed by atoms with Gasteiger partial charge in [-0.25, -0.2) is 4.98 Å². The van der Waals surface area contributed by atoms with Crippen molar-refractivity contribution >= 4 is 36.4 Å². The van der Waals surface area contributed by atoms with Crippen LogP contribution in [0.5, 0.6) is 0 Å². The lowest BCUT2D eigenvalue weighted by molar-refractivity contribution is -0.137. The van der Waals surface area contributed by atoms with E-state index in [4.69, 9.17) is 0 Å². The molecule has 0 fully saturated rings. The molecule has 0 saturated heterocycles. The largest absolute Gasteiger partial charge is 0.421 e. The molecule has 208 valence electrons. The summed E-state index contributed by atoms with van der Waals surface area (Å²) in [5.74, 6) is -0.963. The maximum Gasteiger partial charge on any atom is 0.421 e. The molecular formula is C26H25F3N7O3P. The first-order chi connectivity index (χ1) is 18.8. The van der Waals surface area contributed by atoms with Crippen LogP contribution < -0.4 is 10.6 Å². The number of benzene rings is 2. The van der Waals surface area contributed by atoms with Gasteiger partial charge in [-0.05, 0) is 34.9 Å². The number of nitrogens with zero attached hydrogens (tertiary/aromatic N) is 5. The summed E-state index contributed by atoms with van der Waals surface area (Å²) in [5, 5.41) is 9.77. The van der Waals surface area contributed by atoms with Gasteiger partial charge in [0.15, 0.2) is 0 Å². The van der Waals surface area contributed by atoms with E-state index in [9.17, 15) is 27.4 Å². The predicted octanol–water partition coefficient (Wildman–Crippen LogP) is 5.37. The molecule has 2 aromatic carbocycles. The molecule has 4 aromatic rings. The summed E-state index contributed by atoms with van der Waals surface area (Å²) in [5.41, 5.74) is 2.66. The fraction of sp³-hybridized carbons (Fsp3) is 0.231. The lowest BCUT2D eigenvalue weighted by Gasteiger charge is -2.17. The van der Waals surface area contributed by atoms with Crippen molar-refractivity contribution < 1.29 is 27.4 Å². The van der Waals surface area contributed by atoms with E-state index in [0.29, 0.717) is 23.0 Å². The number of alkyl halides is 3. The monoisotopic (exact) mass is 571 g/mol. The number of rotatable bonds is 7. The number of halogens is 3. The van der Waals surface area contributed by atoms with Crippen LogP contribution in [0.15, 0.2) is 55.0 Å². The van der Waals surface area contributed by atoms with Crippen LogP contribution in [0.3, 0.4) is 0 Å². The summed E-state index contributed by atoms with van der Waals surface area (Å²) in [6.45, 7) is 1.55. The van der Waals surface area contributed by atoms with Gasteiger partial charge in [-0.15, -0.1) is 0 Å². The number of hydrogen-bond donors (Lipinski definition) is 3. The second kappa shape index (κ2) is 10.1. The maximum atomic E-state index is 13.9. The van der Waals surface area contributed by atoms with Crippen LogP contribution in [-0.2, 0) is 30.5 Å². The van der Waals surface area contributed by atoms with Gasteiger partial charge in [-0.3, -0.25) is 14.0 Å². The summed E-state index contributed by atoms with van der Waals surface area (Å²) in [6.07, 6.45) is -0.639. The maximum absolute atomic E-state index is 13.9. The molecule has 1 atom stereocenters. The molecule has 1 aliphatic heterocycles. The van der Waals surface area contributed by atoms with Gasteiger partial charge < -0.3 is 20.4 Å². The third-order valence-electron chi connectivity index (χ3n) is 6.32. The average Bonchev–Trinajstić information content (AvgIpc) is 3.42. The third kappa shape index (κ3) is 5.70. The van der Waals surface area contributed by atoms with Crippen LogP contribution in [0, 0.1) is 0 Å². The molecule has 3 N–H and O–H groups in total. The second-order valence-electron chi connectivity index (χ2n) is 9.69. The highest BCUT2D eigenvalue weighted by Gasteiger charge is 2.37. The van der Waals surface area contributed by atoms with Crippen LogP contribution in [0.2, 0.25) is 0 Å². The lowest BCUT2D eigenvalue weighted by Crippen LogP contribution is -2.18. The van der Waals surface area contributed by atoms with Gasteiger partial charge in [-0.2, -0.15) is 23.3 Å². The minimum absolute atomic E-state index is 0.00404. The van der Waals surface area contributed by atoms with Gasteiger partial charge in [-0.1, -0.05) is 18.2 Å². The van der Waals surface area contributed by atoms with Gasteiger partial charge in [0, 0.05) is 57.1 Å². The molecule has 0 spiro atoms. The molecular weight excluding hydrogens is 546 g/mol. The summed E-state index contributed by atoms with van der Waals surface area (Å²) in [6, 6.07) is 9.77.